The summed E-state index contributed by atoms with van der Waals surface area (Å²) in [4.78, 5) is 0. The molecular formula is C13H12B2O4. The van der Waals surface area contributed by atoms with Gasteiger partial charge in [-0.25, -0.2) is 0 Å². The van der Waals surface area contributed by atoms with E-state index in [4.69, 9.17) is 0 Å². The van der Waals surface area contributed by atoms with Crippen molar-refractivity contribution in [2.75, 3.05) is 0 Å². The van der Waals surface area contributed by atoms with Gasteiger partial charge in [-0.1, -0.05) is 36.4 Å². The van der Waals surface area contributed by atoms with Gasteiger partial charge in [-0.3, -0.25) is 0 Å². The van der Waals surface area contributed by atoms with E-state index in [9.17, 15) is 20.1 Å². The van der Waals surface area contributed by atoms with Crippen molar-refractivity contribution in [3.05, 3.63) is 47.5 Å². The molecule has 6 heteroatoms. The maximum absolute atomic E-state index is 9.53. The summed E-state index contributed by atoms with van der Waals surface area (Å²) in [6.45, 7) is 0. The lowest BCUT2D eigenvalue weighted by Gasteiger charge is -2.13. The fourth-order valence-corrected chi connectivity index (χ4v) is 2.78. The standard InChI is InChI=1S/C13H12B2O4/c16-14(17)12-6-5-10-9-4-2-1-3-8(9)7-11(10)13(12)15(18)19/h1-6,16-19H,7H2. The van der Waals surface area contributed by atoms with Crippen LogP contribution in [0.2, 0.25) is 0 Å². The molecule has 4 nitrogen and oxygen atoms in total. The summed E-state index contributed by atoms with van der Waals surface area (Å²) in [6, 6.07) is 11.1. The van der Waals surface area contributed by atoms with E-state index in [2.05, 4.69) is 0 Å². The van der Waals surface area contributed by atoms with E-state index < -0.39 is 14.2 Å². The Morgan fingerprint density at radius 3 is 2.21 bits per heavy atom. The maximum atomic E-state index is 9.53. The second-order valence-corrected chi connectivity index (χ2v) is 4.68. The van der Waals surface area contributed by atoms with Crippen LogP contribution >= 0.6 is 0 Å². The van der Waals surface area contributed by atoms with Gasteiger partial charge in [0.15, 0.2) is 0 Å². The molecule has 0 heterocycles. The molecular weight excluding hydrogens is 242 g/mol. The van der Waals surface area contributed by atoms with Crippen LogP contribution in [0, 0.1) is 0 Å². The van der Waals surface area contributed by atoms with Crippen LogP contribution in [0.25, 0.3) is 11.1 Å². The van der Waals surface area contributed by atoms with Gasteiger partial charge in [0, 0.05) is 0 Å². The fraction of sp³-hybridized carbons (Fsp3) is 0.0769. The van der Waals surface area contributed by atoms with Gasteiger partial charge < -0.3 is 20.1 Å². The van der Waals surface area contributed by atoms with E-state index in [1.165, 1.54) is 6.07 Å². The average Bonchev–Trinajstić information content (AvgIpc) is 2.75. The van der Waals surface area contributed by atoms with Gasteiger partial charge in [-0.15, -0.1) is 0 Å². The molecule has 4 N–H and O–H groups in total. The Hall–Kier alpha value is -1.59. The lowest BCUT2D eigenvalue weighted by atomic mass is 9.63. The van der Waals surface area contributed by atoms with Crippen molar-refractivity contribution >= 4 is 25.2 Å². The molecule has 0 atom stereocenters. The molecule has 0 saturated carbocycles. The molecule has 2 aromatic carbocycles. The lowest BCUT2D eigenvalue weighted by molar-refractivity contribution is 0.419. The van der Waals surface area contributed by atoms with E-state index in [1.807, 2.05) is 24.3 Å². The molecule has 0 amide bonds. The van der Waals surface area contributed by atoms with E-state index in [0.717, 1.165) is 22.3 Å². The van der Waals surface area contributed by atoms with Gasteiger partial charge >= 0.3 is 14.2 Å². The molecule has 2 aromatic rings. The van der Waals surface area contributed by atoms with Crippen molar-refractivity contribution in [2.45, 2.75) is 6.42 Å². The van der Waals surface area contributed by atoms with Crippen LogP contribution in [-0.4, -0.2) is 34.3 Å². The minimum absolute atomic E-state index is 0.140. The quantitative estimate of drug-likeness (QED) is 0.425. The molecule has 19 heavy (non-hydrogen) atoms. The molecule has 3 rings (SSSR count). The highest BCUT2D eigenvalue weighted by atomic mass is 16.4. The minimum Gasteiger partial charge on any atom is -0.423 e. The minimum atomic E-state index is -1.72. The average molecular weight is 254 g/mol. The normalized spacial score (nSPS) is 12.0. The smallest absolute Gasteiger partial charge is 0.423 e. The molecule has 0 spiro atoms. The largest absolute Gasteiger partial charge is 0.488 e. The summed E-state index contributed by atoms with van der Waals surface area (Å²) < 4.78 is 0. The zero-order valence-corrected chi connectivity index (χ0v) is 10.1. The zero-order valence-electron chi connectivity index (χ0n) is 10.1. The Labute approximate surface area is 111 Å². The highest BCUT2D eigenvalue weighted by molar-refractivity contribution is 6.72. The topological polar surface area (TPSA) is 80.9 Å². The van der Waals surface area contributed by atoms with E-state index in [1.54, 1.807) is 6.07 Å². The first-order valence-electron chi connectivity index (χ1n) is 6.06. The molecule has 0 aromatic heterocycles. The molecule has 0 saturated heterocycles. The molecule has 0 fully saturated rings. The summed E-state index contributed by atoms with van der Waals surface area (Å²) in [5, 5.41) is 37.7. The first kappa shape index (κ1) is 12.4. The molecule has 0 aliphatic heterocycles. The Morgan fingerprint density at radius 1 is 0.789 bits per heavy atom. The van der Waals surface area contributed by atoms with Crippen molar-refractivity contribution in [3.8, 4) is 11.1 Å². The van der Waals surface area contributed by atoms with Crippen molar-refractivity contribution in [3.63, 3.8) is 0 Å². The second kappa shape index (κ2) is 4.51. The Balaban J connectivity index is 2.25. The van der Waals surface area contributed by atoms with E-state index in [-0.39, 0.29) is 10.9 Å². The van der Waals surface area contributed by atoms with Gasteiger partial charge in [0.1, 0.15) is 0 Å². The van der Waals surface area contributed by atoms with Crippen LogP contribution in [0.3, 0.4) is 0 Å². The second-order valence-electron chi connectivity index (χ2n) is 4.68. The summed E-state index contributed by atoms with van der Waals surface area (Å²) in [5.74, 6) is 0. The van der Waals surface area contributed by atoms with Crippen LogP contribution in [0.1, 0.15) is 11.1 Å². The Kier molecular flexibility index (Phi) is 2.95. The molecule has 0 unspecified atom stereocenters. The van der Waals surface area contributed by atoms with Gasteiger partial charge in [0.2, 0.25) is 0 Å². The number of rotatable bonds is 2. The van der Waals surface area contributed by atoms with Crippen LogP contribution in [-0.2, 0) is 6.42 Å². The van der Waals surface area contributed by atoms with Gasteiger partial charge in [-0.2, -0.15) is 0 Å². The van der Waals surface area contributed by atoms with Gasteiger partial charge in [0.05, 0.1) is 0 Å². The third-order valence-electron chi connectivity index (χ3n) is 3.60. The van der Waals surface area contributed by atoms with Crippen molar-refractivity contribution < 1.29 is 20.1 Å². The van der Waals surface area contributed by atoms with E-state index >= 15 is 0 Å². The lowest BCUT2D eigenvalue weighted by Crippen LogP contribution is -2.51. The van der Waals surface area contributed by atoms with Crippen molar-refractivity contribution in [2.24, 2.45) is 0 Å². The third-order valence-corrected chi connectivity index (χ3v) is 3.60. The van der Waals surface area contributed by atoms with Gasteiger partial charge in [0.25, 0.3) is 0 Å². The number of benzene rings is 2. The molecule has 94 valence electrons. The number of hydrogen-bond donors (Lipinski definition) is 4. The number of hydrogen-bond acceptors (Lipinski definition) is 4. The predicted octanol–water partition coefficient (Wildman–Crippen LogP) is -1.38. The summed E-state index contributed by atoms with van der Waals surface area (Å²) in [7, 11) is -3.44. The van der Waals surface area contributed by atoms with Crippen LogP contribution < -0.4 is 10.9 Å². The van der Waals surface area contributed by atoms with E-state index in [0.29, 0.717) is 6.42 Å². The summed E-state index contributed by atoms with van der Waals surface area (Å²) in [6.07, 6.45) is 0.568. The van der Waals surface area contributed by atoms with Gasteiger partial charge in [-0.05, 0) is 39.6 Å². The molecule has 1 aliphatic carbocycles. The van der Waals surface area contributed by atoms with Crippen molar-refractivity contribution in [1.82, 2.24) is 0 Å². The summed E-state index contributed by atoms with van der Waals surface area (Å²) >= 11 is 0. The van der Waals surface area contributed by atoms with Crippen LogP contribution in [0.15, 0.2) is 36.4 Å². The number of fused-ring (bicyclic) bond motifs is 3. The first-order chi connectivity index (χ1) is 9.09. The Morgan fingerprint density at radius 2 is 1.53 bits per heavy atom. The van der Waals surface area contributed by atoms with Crippen LogP contribution in [0.5, 0.6) is 0 Å². The SMILES string of the molecule is OB(O)c1ccc2c(c1B(O)O)Cc1ccccc1-2. The molecule has 0 radical (unpaired) electrons. The van der Waals surface area contributed by atoms with Crippen LogP contribution in [0.4, 0.5) is 0 Å². The molecule has 1 aliphatic rings. The fourth-order valence-electron chi connectivity index (χ4n) is 2.78. The summed E-state index contributed by atoms with van der Waals surface area (Å²) in [5.41, 5.74) is 4.16. The third kappa shape index (κ3) is 1.89. The maximum Gasteiger partial charge on any atom is 0.488 e. The Bertz CT molecular complexity index is 641. The monoisotopic (exact) mass is 254 g/mol. The molecule has 0 bridgehead atoms. The first-order valence-corrected chi connectivity index (χ1v) is 6.06. The predicted molar refractivity (Wildman–Crippen MR) is 74.3 cm³/mol. The highest BCUT2D eigenvalue weighted by Crippen LogP contribution is 2.34. The highest BCUT2D eigenvalue weighted by Gasteiger charge is 2.31. The zero-order chi connectivity index (χ0) is 13.6. The van der Waals surface area contributed by atoms with Crippen molar-refractivity contribution in [1.29, 1.82) is 0 Å².